The molecule has 1 aliphatic rings. The molecule has 0 bridgehead atoms. The highest BCUT2D eigenvalue weighted by Gasteiger charge is 2.31. The number of carbonyl (C=O) groups excluding carboxylic acids is 2. The van der Waals surface area contributed by atoms with Crippen molar-refractivity contribution < 1.29 is 9.59 Å². The van der Waals surface area contributed by atoms with Crippen LogP contribution in [-0.2, 0) is 4.79 Å². The van der Waals surface area contributed by atoms with E-state index >= 15 is 0 Å². The number of benzene rings is 3. The molecule has 4 rings (SSSR count). The van der Waals surface area contributed by atoms with Gasteiger partial charge >= 0.3 is 0 Å². The zero-order valence-corrected chi connectivity index (χ0v) is 14.7. The van der Waals surface area contributed by atoms with Gasteiger partial charge in [0.2, 0.25) is 5.91 Å². The van der Waals surface area contributed by atoms with Crippen LogP contribution in [0.1, 0.15) is 16.8 Å². The van der Waals surface area contributed by atoms with E-state index in [1.807, 2.05) is 54.6 Å². The average Bonchev–Trinajstić information content (AvgIpc) is 3.02. The number of carbonyl (C=O) groups is 2. The number of nitrogens with zero attached hydrogens (tertiary/aromatic N) is 1. The molecule has 130 valence electrons. The van der Waals surface area contributed by atoms with Crippen LogP contribution in [0.4, 0.5) is 5.69 Å². The van der Waals surface area contributed by atoms with E-state index in [9.17, 15) is 9.59 Å². The predicted octanol–water partition coefficient (Wildman–Crippen LogP) is 4.03. The maximum atomic E-state index is 12.8. The fourth-order valence-electron chi connectivity index (χ4n) is 3.36. The minimum absolute atomic E-state index is 0.00413. The van der Waals surface area contributed by atoms with Crippen molar-refractivity contribution in [1.29, 1.82) is 0 Å². The summed E-state index contributed by atoms with van der Waals surface area (Å²) in [5.41, 5.74) is 1.42. The van der Waals surface area contributed by atoms with Crippen molar-refractivity contribution in [3.8, 4) is 0 Å². The Balaban J connectivity index is 1.52. The zero-order valence-electron chi connectivity index (χ0n) is 14.0. The monoisotopic (exact) mass is 364 g/mol. The van der Waals surface area contributed by atoms with Crippen LogP contribution in [0.5, 0.6) is 0 Å². The van der Waals surface area contributed by atoms with Crippen LogP contribution in [0.3, 0.4) is 0 Å². The average molecular weight is 365 g/mol. The van der Waals surface area contributed by atoms with Gasteiger partial charge in [0, 0.05) is 29.2 Å². The van der Waals surface area contributed by atoms with Crippen LogP contribution in [0.2, 0.25) is 5.02 Å². The molecule has 1 heterocycles. The van der Waals surface area contributed by atoms with Gasteiger partial charge in [-0.2, -0.15) is 0 Å². The van der Waals surface area contributed by atoms with Crippen LogP contribution in [0, 0.1) is 0 Å². The highest BCUT2D eigenvalue weighted by atomic mass is 35.5. The summed E-state index contributed by atoms with van der Waals surface area (Å²) in [6, 6.07) is 20.4. The summed E-state index contributed by atoms with van der Waals surface area (Å²) in [6.07, 6.45) is 0.291. The Bertz CT molecular complexity index is 979. The van der Waals surface area contributed by atoms with Crippen molar-refractivity contribution in [3.05, 3.63) is 77.3 Å². The largest absolute Gasteiger partial charge is 0.347 e. The molecule has 1 saturated heterocycles. The summed E-state index contributed by atoms with van der Waals surface area (Å²) in [6.45, 7) is 0.455. The Kier molecular flexibility index (Phi) is 4.35. The second kappa shape index (κ2) is 6.81. The van der Waals surface area contributed by atoms with Gasteiger partial charge in [-0.1, -0.05) is 48.0 Å². The minimum Gasteiger partial charge on any atom is -0.347 e. The van der Waals surface area contributed by atoms with E-state index in [0.717, 1.165) is 16.5 Å². The molecule has 3 aromatic rings. The zero-order chi connectivity index (χ0) is 18.1. The molecule has 1 atom stereocenters. The first kappa shape index (κ1) is 16.6. The predicted molar refractivity (Wildman–Crippen MR) is 104 cm³/mol. The van der Waals surface area contributed by atoms with E-state index in [-0.39, 0.29) is 17.9 Å². The van der Waals surface area contributed by atoms with Crippen molar-refractivity contribution in [2.24, 2.45) is 0 Å². The van der Waals surface area contributed by atoms with Gasteiger partial charge in [0.05, 0.1) is 6.04 Å². The summed E-state index contributed by atoms with van der Waals surface area (Å²) < 4.78 is 0. The Morgan fingerprint density at radius 2 is 1.73 bits per heavy atom. The molecular formula is C21H17ClN2O2. The molecule has 3 aromatic carbocycles. The highest BCUT2D eigenvalue weighted by Crippen LogP contribution is 2.24. The van der Waals surface area contributed by atoms with Crippen LogP contribution < -0.4 is 10.2 Å². The maximum Gasteiger partial charge on any atom is 0.252 e. The van der Waals surface area contributed by atoms with Gasteiger partial charge in [-0.3, -0.25) is 9.59 Å². The molecule has 26 heavy (non-hydrogen) atoms. The number of rotatable bonds is 3. The molecule has 4 nitrogen and oxygen atoms in total. The lowest BCUT2D eigenvalue weighted by Gasteiger charge is -2.17. The maximum absolute atomic E-state index is 12.8. The van der Waals surface area contributed by atoms with E-state index < -0.39 is 0 Å². The molecule has 5 heteroatoms. The Labute approximate surface area is 156 Å². The fourth-order valence-corrected chi connectivity index (χ4v) is 3.49. The molecular weight excluding hydrogens is 348 g/mol. The molecule has 0 radical (unpaired) electrons. The SMILES string of the molecule is O=C(N[C@H]1CC(=O)N(c2ccc(Cl)cc2)C1)c1cccc2ccccc12. The van der Waals surface area contributed by atoms with Gasteiger partial charge < -0.3 is 10.2 Å². The van der Waals surface area contributed by atoms with Gasteiger partial charge in [0.1, 0.15) is 0 Å². The lowest BCUT2D eigenvalue weighted by atomic mass is 10.0. The first-order valence-electron chi connectivity index (χ1n) is 8.46. The fraction of sp³-hybridized carbons (Fsp3) is 0.143. The van der Waals surface area contributed by atoms with Gasteiger partial charge in [0.25, 0.3) is 5.91 Å². The number of nitrogens with one attached hydrogen (secondary N) is 1. The molecule has 0 spiro atoms. The first-order valence-corrected chi connectivity index (χ1v) is 8.84. The molecule has 0 saturated carbocycles. The third-order valence-electron chi connectivity index (χ3n) is 4.63. The standard InChI is InChI=1S/C21H17ClN2O2/c22-15-8-10-17(11-9-15)24-13-16(12-20(24)25)23-21(26)19-7-3-5-14-4-1-2-6-18(14)19/h1-11,16H,12-13H2,(H,23,26)/t16-/m0/s1. The highest BCUT2D eigenvalue weighted by molar-refractivity contribution is 6.30. The normalized spacial score (nSPS) is 16.9. The quantitative estimate of drug-likeness (QED) is 0.762. The lowest BCUT2D eigenvalue weighted by Crippen LogP contribution is -2.37. The number of anilines is 1. The van der Waals surface area contributed by atoms with Gasteiger partial charge in [-0.15, -0.1) is 0 Å². The lowest BCUT2D eigenvalue weighted by molar-refractivity contribution is -0.117. The molecule has 0 unspecified atom stereocenters. The van der Waals surface area contributed by atoms with Crippen molar-refractivity contribution >= 4 is 39.9 Å². The third-order valence-corrected chi connectivity index (χ3v) is 4.88. The second-order valence-corrected chi connectivity index (χ2v) is 6.82. The van der Waals surface area contributed by atoms with Crippen molar-refractivity contribution in [1.82, 2.24) is 5.32 Å². The van der Waals surface area contributed by atoms with E-state index in [4.69, 9.17) is 11.6 Å². The first-order chi connectivity index (χ1) is 12.6. The van der Waals surface area contributed by atoms with Crippen LogP contribution in [0.25, 0.3) is 10.8 Å². The van der Waals surface area contributed by atoms with E-state index in [2.05, 4.69) is 5.32 Å². The van der Waals surface area contributed by atoms with Crippen LogP contribution >= 0.6 is 11.6 Å². The van der Waals surface area contributed by atoms with Crippen LogP contribution in [0.15, 0.2) is 66.7 Å². The Morgan fingerprint density at radius 3 is 2.54 bits per heavy atom. The second-order valence-electron chi connectivity index (χ2n) is 6.38. The van der Waals surface area contributed by atoms with E-state index in [1.54, 1.807) is 17.0 Å². The smallest absolute Gasteiger partial charge is 0.252 e. The Hall–Kier alpha value is -2.85. The number of hydrogen-bond acceptors (Lipinski definition) is 2. The minimum atomic E-state index is -0.218. The summed E-state index contributed by atoms with van der Waals surface area (Å²) in [4.78, 5) is 26.8. The van der Waals surface area contributed by atoms with Crippen molar-refractivity contribution in [3.63, 3.8) is 0 Å². The molecule has 0 aliphatic carbocycles. The van der Waals surface area contributed by atoms with Crippen molar-refractivity contribution in [2.45, 2.75) is 12.5 Å². The Morgan fingerprint density at radius 1 is 1.00 bits per heavy atom. The van der Waals surface area contributed by atoms with Gasteiger partial charge in [-0.05, 0) is 41.1 Å². The molecule has 1 fully saturated rings. The summed E-state index contributed by atoms with van der Waals surface area (Å²) in [5, 5.41) is 5.56. The number of hydrogen-bond donors (Lipinski definition) is 1. The number of halogens is 1. The van der Waals surface area contributed by atoms with E-state index in [1.165, 1.54) is 0 Å². The summed E-state index contributed by atoms with van der Waals surface area (Å²) in [7, 11) is 0. The van der Waals surface area contributed by atoms with E-state index in [0.29, 0.717) is 23.6 Å². The number of fused-ring (bicyclic) bond motifs is 1. The molecule has 1 aliphatic heterocycles. The molecule has 0 aromatic heterocycles. The van der Waals surface area contributed by atoms with Crippen molar-refractivity contribution in [2.75, 3.05) is 11.4 Å². The third kappa shape index (κ3) is 3.16. The molecule has 2 amide bonds. The van der Waals surface area contributed by atoms with Gasteiger partial charge in [0.15, 0.2) is 0 Å². The number of amides is 2. The summed E-state index contributed by atoms with van der Waals surface area (Å²) >= 11 is 5.91. The van der Waals surface area contributed by atoms with Crippen LogP contribution in [-0.4, -0.2) is 24.4 Å². The summed E-state index contributed by atoms with van der Waals surface area (Å²) in [5.74, 6) is -0.159. The topological polar surface area (TPSA) is 49.4 Å². The molecule has 1 N–H and O–H groups in total. The van der Waals surface area contributed by atoms with Gasteiger partial charge in [-0.25, -0.2) is 0 Å².